The Morgan fingerprint density at radius 1 is 1.10 bits per heavy atom. The van der Waals surface area contributed by atoms with Crippen molar-refractivity contribution in [3.63, 3.8) is 0 Å². The van der Waals surface area contributed by atoms with Crippen molar-refractivity contribution in [3.05, 3.63) is 65.1 Å². The normalized spacial score (nSPS) is 21.7. The summed E-state index contributed by atoms with van der Waals surface area (Å²) in [6, 6.07) is 12.5. The summed E-state index contributed by atoms with van der Waals surface area (Å²) >= 11 is 0. The Hall–Kier alpha value is -3.16. The second-order valence-electron chi connectivity index (χ2n) is 7.63. The molecular weight excluding hydrogens is 381 g/mol. The number of carbonyl (C=O) groups is 1. The van der Waals surface area contributed by atoms with E-state index in [0.29, 0.717) is 24.1 Å². The number of hydrogen-bond donors (Lipinski definition) is 1. The molecule has 1 aromatic heterocycles. The van der Waals surface area contributed by atoms with Crippen molar-refractivity contribution in [2.75, 3.05) is 5.32 Å². The highest BCUT2D eigenvalue weighted by Gasteiger charge is 2.43. The van der Waals surface area contributed by atoms with Crippen molar-refractivity contribution in [1.82, 2.24) is 14.8 Å². The van der Waals surface area contributed by atoms with Crippen LogP contribution >= 0.6 is 0 Å². The molecule has 0 saturated carbocycles. The molecule has 0 spiro atoms. The molecule has 2 atom stereocenters. The maximum atomic E-state index is 13.3. The van der Waals surface area contributed by atoms with Crippen molar-refractivity contribution >= 4 is 22.5 Å². The molecule has 0 saturated heterocycles. The van der Waals surface area contributed by atoms with Crippen molar-refractivity contribution in [1.29, 1.82) is 0 Å². The van der Waals surface area contributed by atoms with Crippen LogP contribution in [0.2, 0.25) is 0 Å². The Kier molecular flexibility index (Phi) is 3.81. The SMILES string of the molecule is C[C@@H]1CC(=O)C2=C(C1)Nc1nc(C(F)(F)F)nn1[C@H]2c1cccc2ccccc12. The largest absolute Gasteiger partial charge is 0.453 e. The van der Waals surface area contributed by atoms with Gasteiger partial charge in [-0.3, -0.25) is 4.79 Å². The average Bonchev–Trinajstić information content (AvgIpc) is 3.10. The van der Waals surface area contributed by atoms with Crippen LogP contribution in [0, 0.1) is 5.92 Å². The quantitative estimate of drug-likeness (QED) is 0.645. The molecule has 8 heteroatoms. The molecule has 0 amide bonds. The summed E-state index contributed by atoms with van der Waals surface area (Å²) in [5, 5.41) is 8.53. The predicted molar refractivity (Wildman–Crippen MR) is 101 cm³/mol. The molecule has 5 rings (SSSR count). The third-order valence-corrected chi connectivity index (χ3v) is 5.50. The third kappa shape index (κ3) is 2.82. The van der Waals surface area contributed by atoms with Crippen molar-refractivity contribution in [2.24, 2.45) is 5.92 Å². The van der Waals surface area contributed by atoms with Crippen LogP contribution in [0.4, 0.5) is 19.1 Å². The molecule has 2 aliphatic rings. The fraction of sp³-hybridized carbons (Fsp3) is 0.286. The van der Waals surface area contributed by atoms with Crippen molar-refractivity contribution in [2.45, 2.75) is 32.0 Å². The van der Waals surface area contributed by atoms with Gasteiger partial charge in [0, 0.05) is 17.7 Å². The molecular formula is C21H17F3N4O. The van der Waals surface area contributed by atoms with Gasteiger partial charge in [-0.05, 0) is 28.7 Å². The number of ketones is 1. The highest BCUT2D eigenvalue weighted by molar-refractivity contribution is 6.00. The summed E-state index contributed by atoms with van der Waals surface area (Å²) in [7, 11) is 0. The number of Topliss-reactive ketones (excluding diaryl/α,β-unsaturated/α-hetero) is 1. The lowest BCUT2D eigenvalue weighted by atomic mass is 9.80. The summed E-state index contributed by atoms with van der Waals surface area (Å²) in [5.74, 6) is -1.17. The van der Waals surface area contributed by atoms with E-state index in [1.807, 2.05) is 49.4 Å². The minimum absolute atomic E-state index is 0.0101. The number of nitrogens with one attached hydrogen (secondary N) is 1. The van der Waals surface area contributed by atoms with E-state index in [9.17, 15) is 18.0 Å². The number of rotatable bonds is 1. The number of anilines is 1. The number of allylic oxidation sites excluding steroid dienone is 2. The maximum Gasteiger partial charge on any atom is 0.453 e. The number of fused-ring (bicyclic) bond motifs is 2. The summed E-state index contributed by atoms with van der Waals surface area (Å²) in [6.45, 7) is 1.96. The van der Waals surface area contributed by atoms with Crippen LogP contribution in [0.3, 0.4) is 0 Å². The zero-order valence-corrected chi connectivity index (χ0v) is 15.5. The fourth-order valence-corrected chi connectivity index (χ4v) is 4.30. The standard InChI is InChI=1S/C21H17F3N4O/c1-11-9-15-17(16(29)10-11)18(14-8-4-6-12-5-2-3-7-13(12)14)28-20(25-15)26-19(27-28)21(22,23)24/h2-8,11,18H,9-10H2,1H3,(H,25,26,27)/t11-,18-/m0/s1. The lowest BCUT2D eigenvalue weighted by Gasteiger charge is -2.34. The minimum Gasteiger partial charge on any atom is -0.328 e. The Morgan fingerprint density at radius 2 is 1.86 bits per heavy atom. The Bertz CT molecular complexity index is 1170. The van der Waals surface area contributed by atoms with Gasteiger partial charge in [0.1, 0.15) is 6.04 Å². The van der Waals surface area contributed by atoms with Gasteiger partial charge in [0.15, 0.2) is 5.78 Å². The molecule has 1 aliphatic heterocycles. The Balaban J connectivity index is 1.79. The monoisotopic (exact) mass is 398 g/mol. The molecule has 29 heavy (non-hydrogen) atoms. The van der Waals surface area contributed by atoms with E-state index in [1.165, 1.54) is 4.68 Å². The molecule has 3 aromatic rings. The van der Waals surface area contributed by atoms with Crippen molar-refractivity contribution < 1.29 is 18.0 Å². The number of benzene rings is 2. The fourth-order valence-electron chi connectivity index (χ4n) is 4.30. The first-order chi connectivity index (χ1) is 13.8. The molecule has 0 bridgehead atoms. The number of alkyl halides is 3. The minimum atomic E-state index is -4.67. The van der Waals surface area contributed by atoms with Crippen LogP contribution in [0.25, 0.3) is 10.8 Å². The number of halogens is 3. The van der Waals surface area contributed by atoms with Crippen LogP contribution in [0.1, 0.15) is 37.2 Å². The summed E-state index contributed by atoms with van der Waals surface area (Å²) in [5.41, 5.74) is 1.85. The van der Waals surface area contributed by atoms with Gasteiger partial charge in [-0.1, -0.05) is 49.4 Å². The first-order valence-corrected chi connectivity index (χ1v) is 9.37. The van der Waals surface area contributed by atoms with Gasteiger partial charge >= 0.3 is 6.18 Å². The van der Waals surface area contributed by atoms with Crippen LogP contribution < -0.4 is 5.32 Å². The van der Waals surface area contributed by atoms with E-state index >= 15 is 0 Å². The van der Waals surface area contributed by atoms with Crippen LogP contribution in [-0.4, -0.2) is 20.5 Å². The topological polar surface area (TPSA) is 59.8 Å². The number of nitrogens with zero attached hydrogens (tertiary/aromatic N) is 3. The van der Waals surface area contributed by atoms with E-state index in [-0.39, 0.29) is 17.6 Å². The summed E-state index contributed by atoms with van der Waals surface area (Å²) < 4.78 is 41.2. The van der Waals surface area contributed by atoms with Gasteiger partial charge in [-0.2, -0.15) is 18.2 Å². The first-order valence-electron chi connectivity index (χ1n) is 9.37. The van der Waals surface area contributed by atoms with Gasteiger partial charge in [-0.25, -0.2) is 4.68 Å². The highest BCUT2D eigenvalue weighted by Crippen LogP contribution is 2.43. The van der Waals surface area contributed by atoms with Gasteiger partial charge in [-0.15, -0.1) is 5.10 Å². The lowest BCUT2D eigenvalue weighted by Crippen LogP contribution is -2.33. The van der Waals surface area contributed by atoms with Crippen LogP contribution in [-0.2, 0) is 11.0 Å². The highest BCUT2D eigenvalue weighted by atomic mass is 19.4. The Labute approximate surface area is 164 Å². The first kappa shape index (κ1) is 17.9. The smallest absolute Gasteiger partial charge is 0.328 e. The van der Waals surface area contributed by atoms with E-state index in [1.54, 1.807) is 0 Å². The lowest BCUT2D eigenvalue weighted by molar-refractivity contribution is -0.145. The zero-order chi connectivity index (χ0) is 20.3. The molecule has 2 heterocycles. The number of carbonyl (C=O) groups excluding carboxylic acids is 1. The zero-order valence-electron chi connectivity index (χ0n) is 15.5. The molecule has 0 radical (unpaired) electrons. The number of hydrogen-bond acceptors (Lipinski definition) is 4. The van der Waals surface area contributed by atoms with Crippen LogP contribution in [0.5, 0.6) is 0 Å². The predicted octanol–water partition coefficient (Wildman–Crippen LogP) is 4.72. The van der Waals surface area contributed by atoms with Gasteiger partial charge in [0.05, 0.1) is 0 Å². The second-order valence-corrected chi connectivity index (χ2v) is 7.63. The van der Waals surface area contributed by atoms with Gasteiger partial charge in [0.2, 0.25) is 5.95 Å². The van der Waals surface area contributed by atoms with Gasteiger partial charge in [0.25, 0.3) is 5.82 Å². The average molecular weight is 398 g/mol. The molecule has 0 unspecified atom stereocenters. The summed E-state index contributed by atoms with van der Waals surface area (Å²) in [4.78, 5) is 16.7. The molecule has 1 N–H and O–H groups in total. The van der Waals surface area contributed by atoms with E-state index in [4.69, 9.17) is 0 Å². The molecule has 5 nitrogen and oxygen atoms in total. The summed E-state index contributed by atoms with van der Waals surface area (Å²) in [6.07, 6.45) is -3.73. The third-order valence-electron chi connectivity index (χ3n) is 5.50. The maximum absolute atomic E-state index is 13.3. The van der Waals surface area contributed by atoms with Gasteiger partial charge < -0.3 is 5.32 Å². The molecule has 2 aromatic carbocycles. The van der Waals surface area contributed by atoms with E-state index in [0.717, 1.165) is 16.3 Å². The number of aromatic nitrogens is 3. The van der Waals surface area contributed by atoms with E-state index < -0.39 is 18.0 Å². The molecule has 148 valence electrons. The van der Waals surface area contributed by atoms with E-state index in [2.05, 4.69) is 15.4 Å². The van der Waals surface area contributed by atoms with Crippen molar-refractivity contribution in [3.8, 4) is 0 Å². The molecule has 1 aliphatic carbocycles. The second kappa shape index (κ2) is 6.17. The van der Waals surface area contributed by atoms with Crippen LogP contribution in [0.15, 0.2) is 53.7 Å². The molecule has 0 fully saturated rings. The Morgan fingerprint density at radius 3 is 2.66 bits per heavy atom.